The molecule has 0 aliphatic carbocycles. The van der Waals surface area contributed by atoms with E-state index in [1.807, 2.05) is 24.3 Å². The number of amides is 1. The van der Waals surface area contributed by atoms with E-state index < -0.39 is 0 Å². The van der Waals surface area contributed by atoms with Gasteiger partial charge in [-0.15, -0.1) is 0 Å². The molecule has 1 aromatic carbocycles. The van der Waals surface area contributed by atoms with E-state index in [1.165, 1.54) is 0 Å². The van der Waals surface area contributed by atoms with Crippen LogP contribution in [0.2, 0.25) is 0 Å². The van der Waals surface area contributed by atoms with Gasteiger partial charge in [-0.3, -0.25) is 9.69 Å². The lowest BCUT2D eigenvalue weighted by Gasteiger charge is -2.38. The van der Waals surface area contributed by atoms with Crippen LogP contribution in [0.15, 0.2) is 24.3 Å². The molecule has 138 valence electrons. The van der Waals surface area contributed by atoms with E-state index in [0.717, 1.165) is 50.1 Å². The summed E-state index contributed by atoms with van der Waals surface area (Å²) in [7, 11) is 1.68. The van der Waals surface area contributed by atoms with Gasteiger partial charge in [-0.2, -0.15) is 0 Å². The van der Waals surface area contributed by atoms with Crippen molar-refractivity contribution < 1.29 is 14.3 Å². The van der Waals surface area contributed by atoms with Crippen LogP contribution in [0.3, 0.4) is 0 Å². The van der Waals surface area contributed by atoms with Crippen LogP contribution in [0.1, 0.15) is 42.6 Å². The second-order valence-corrected chi connectivity index (χ2v) is 7.40. The predicted molar refractivity (Wildman–Crippen MR) is 97.7 cm³/mol. The number of likely N-dealkylation sites (tertiary alicyclic amines) is 1. The molecule has 2 saturated heterocycles. The second-order valence-electron chi connectivity index (χ2n) is 7.40. The van der Waals surface area contributed by atoms with Gasteiger partial charge in [0.15, 0.2) is 0 Å². The van der Waals surface area contributed by atoms with Gasteiger partial charge in [0.05, 0.1) is 18.8 Å². The average Bonchev–Trinajstić information content (AvgIpc) is 3.02. The van der Waals surface area contributed by atoms with Crippen molar-refractivity contribution in [2.45, 2.75) is 51.5 Å². The summed E-state index contributed by atoms with van der Waals surface area (Å²) in [5.74, 6) is 0.148. The third kappa shape index (κ3) is 4.60. The van der Waals surface area contributed by atoms with Crippen LogP contribution in [0, 0.1) is 0 Å². The molecule has 0 unspecified atom stereocenters. The molecule has 2 aliphatic rings. The van der Waals surface area contributed by atoms with Gasteiger partial charge in [-0.25, -0.2) is 0 Å². The molecular formula is C20H30N2O3. The number of carbonyl (C=O) groups is 1. The normalized spacial score (nSPS) is 27.6. The largest absolute Gasteiger partial charge is 0.380 e. The van der Waals surface area contributed by atoms with Crippen molar-refractivity contribution in [3.8, 4) is 0 Å². The van der Waals surface area contributed by atoms with Gasteiger partial charge in [0.1, 0.15) is 0 Å². The van der Waals surface area contributed by atoms with E-state index in [2.05, 4.69) is 23.6 Å². The predicted octanol–water partition coefficient (Wildman–Crippen LogP) is 2.55. The van der Waals surface area contributed by atoms with Gasteiger partial charge < -0.3 is 14.4 Å². The number of hydrogen-bond donors (Lipinski definition) is 0. The molecule has 5 nitrogen and oxygen atoms in total. The summed E-state index contributed by atoms with van der Waals surface area (Å²) >= 11 is 0. The van der Waals surface area contributed by atoms with Gasteiger partial charge in [0.2, 0.25) is 0 Å². The third-order valence-corrected chi connectivity index (χ3v) is 5.09. The Hall–Kier alpha value is -1.43. The van der Waals surface area contributed by atoms with Crippen molar-refractivity contribution >= 4 is 5.91 Å². The zero-order chi connectivity index (χ0) is 17.8. The average molecular weight is 346 g/mol. The fraction of sp³-hybridized carbons (Fsp3) is 0.650. The molecule has 0 N–H and O–H groups in total. The molecule has 0 radical (unpaired) electrons. The number of morpholine rings is 1. The minimum Gasteiger partial charge on any atom is -0.380 e. The highest BCUT2D eigenvalue weighted by molar-refractivity contribution is 5.94. The highest BCUT2D eigenvalue weighted by atomic mass is 16.5. The fourth-order valence-corrected chi connectivity index (χ4v) is 4.15. The lowest BCUT2D eigenvalue weighted by Crippen LogP contribution is -2.50. The van der Waals surface area contributed by atoms with E-state index in [-0.39, 0.29) is 18.1 Å². The Morgan fingerprint density at radius 1 is 1.28 bits per heavy atom. The SMILES string of the molecule is COCc1cccc(C(=O)N2CCC[C@@H]2CN2C[C@@H](C)O[C@@H](C)C2)c1. The zero-order valence-electron chi connectivity index (χ0n) is 15.6. The standard InChI is InChI=1S/C20H30N2O3/c1-15-11-21(12-16(2)25-15)13-19-8-5-9-22(19)20(23)18-7-4-6-17(10-18)14-24-3/h4,6-7,10,15-16,19H,5,8-9,11-14H2,1-3H3/t15-,16+,19-/m1/s1. The quantitative estimate of drug-likeness (QED) is 0.822. The van der Waals surface area contributed by atoms with Crippen LogP contribution in [0.4, 0.5) is 0 Å². The maximum absolute atomic E-state index is 13.0. The smallest absolute Gasteiger partial charge is 0.254 e. The Balaban J connectivity index is 1.66. The lowest BCUT2D eigenvalue weighted by molar-refractivity contribution is -0.0715. The Labute approximate surface area is 150 Å². The van der Waals surface area contributed by atoms with Gasteiger partial charge in [-0.05, 0) is 44.4 Å². The minimum absolute atomic E-state index is 0.148. The molecule has 0 bridgehead atoms. The lowest BCUT2D eigenvalue weighted by atomic mass is 10.1. The minimum atomic E-state index is 0.148. The van der Waals surface area contributed by atoms with Crippen LogP contribution in [0.5, 0.6) is 0 Å². The van der Waals surface area contributed by atoms with Crippen molar-refractivity contribution in [1.29, 1.82) is 0 Å². The van der Waals surface area contributed by atoms with Crippen molar-refractivity contribution in [2.75, 3.05) is 33.3 Å². The van der Waals surface area contributed by atoms with Crippen molar-refractivity contribution in [1.82, 2.24) is 9.80 Å². The molecule has 2 fully saturated rings. The van der Waals surface area contributed by atoms with E-state index in [9.17, 15) is 4.79 Å². The zero-order valence-corrected chi connectivity index (χ0v) is 15.6. The molecule has 3 rings (SSSR count). The van der Waals surface area contributed by atoms with Crippen LogP contribution >= 0.6 is 0 Å². The molecule has 0 spiro atoms. The van der Waals surface area contributed by atoms with E-state index in [4.69, 9.17) is 9.47 Å². The van der Waals surface area contributed by atoms with Gasteiger partial charge in [0.25, 0.3) is 5.91 Å². The number of benzene rings is 1. The monoisotopic (exact) mass is 346 g/mol. The first-order valence-corrected chi connectivity index (χ1v) is 9.33. The summed E-state index contributed by atoms with van der Waals surface area (Å²) < 4.78 is 11.0. The third-order valence-electron chi connectivity index (χ3n) is 5.09. The first-order valence-electron chi connectivity index (χ1n) is 9.33. The molecule has 0 aromatic heterocycles. The maximum Gasteiger partial charge on any atom is 0.254 e. The molecule has 3 atom stereocenters. The van der Waals surface area contributed by atoms with E-state index in [1.54, 1.807) is 7.11 Å². The van der Waals surface area contributed by atoms with Crippen molar-refractivity contribution in [3.05, 3.63) is 35.4 Å². The molecule has 1 amide bonds. The number of carbonyl (C=O) groups excluding carboxylic acids is 1. The first kappa shape index (κ1) is 18.4. The maximum atomic E-state index is 13.0. The summed E-state index contributed by atoms with van der Waals surface area (Å²) in [6, 6.07) is 8.11. The van der Waals surface area contributed by atoms with Crippen LogP contribution in [0.25, 0.3) is 0 Å². The highest BCUT2D eigenvalue weighted by Gasteiger charge is 2.32. The number of methoxy groups -OCH3 is 1. The van der Waals surface area contributed by atoms with Crippen molar-refractivity contribution in [2.24, 2.45) is 0 Å². The molecule has 2 aliphatic heterocycles. The van der Waals surface area contributed by atoms with Crippen LogP contribution in [-0.4, -0.2) is 67.2 Å². The summed E-state index contributed by atoms with van der Waals surface area (Å²) in [6.07, 6.45) is 2.70. The van der Waals surface area contributed by atoms with E-state index in [0.29, 0.717) is 12.6 Å². The molecule has 5 heteroatoms. The Bertz CT molecular complexity index is 582. The van der Waals surface area contributed by atoms with Gasteiger partial charge in [0, 0.05) is 44.9 Å². The molecule has 1 aromatic rings. The van der Waals surface area contributed by atoms with Crippen LogP contribution in [-0.2, 0) is 16.1 Å². The Kier molecular flexibility index (Phi) is 6.10. The number of nitrogens with zero attached hydrogens (tertiary/aromatic N) is 2. The first-order chi connectivity index (χ1) is 12.1. The number of hydrogen-bond acceptors (Lipinski definition) is 4. The summed E-state index contributed by atoms with van der Waals surface area (Å²) in [4.78, 5) is 17.5. The van der Waals surface area contributed by atoms with Gasteiger partial charge in [-0.1, -0.05) is 12.1 Å². The summed E-state index contributed by atoms with van der Waals surface area (Å²) in [6.45, 7) is 8.49. The Morgan fingerprint density at radius 3 is 2.76 bits per heavy atom. The summed E-state index contributed by atoms with van der Waals surface area (Å²) in [5.41, 5.74) is 1.81. The van der Waals surface area contributed by atoms with Crippen molar-refractivity contribution in [3.63, 3.8) is 0 Å². The number of rotatable bonds is 5. The molecule has 0 saturated carbocycles. The molecule has 25 heavy (non-hydrogen) atoms. The summed E-state index contributed by atoms with van der Waals surface area (Å²) in [5, 5.41) is 0. The molecular weight excluding hydrogens is 316 g/mol. The number of ether oxygens (including phenoxy) is 2. The highest BCUT2D eigenvalue weighted by Crippen LogP contribution is 2.23. The topological polar surface area (TPSA) is 42.0 Å². The molecule has 2 heterocycles. The fourth-order valence-electron chi connectivity index (χ4n) is 4.15. The Morgan fingerprint density at radius 2 is 2.04 bits per heavy atom. The van der Waals surface area contributed by atoms with Gasteiger partial charge >= 0.3 is 0 Å². The van der Waals surface area contributed by atoms with E-state index >= 15 is 0 Å². The van der Waals surface area contributed by atoms with Crippen LogP contribution < -0.4 is 0 Å². The second kappa shape index (κ2) is 8.30.